The van der Waals surface area contributed by atoms with Crippen LogP contribution in [-0.4, -0.2) is 68.5 Å². The lowest BCUT2D eigenvalue weighted by atomic mass is 9.92. The molecule has 1 saturated heterocycles. The van der Waals surface area contributed by atoms with Crippen LogP contribution in [0.5, 0.6) is 5.75 Å². The molecule has 32 heavy (non-hydrogen) atoms. The second kappa shape index (κ2) is 11.1. The summed E-state index contributed by atoms with van der Waals surface area (Å²) in [6.45, 7) is 8.09. The molecular weight excluding hydrogens is 474 g/mol. The first-order chi connectivity index (χ1) is 15.2. The number of anilines is 1. The van der Waals surface area contributed by atoms with E-state index in [-0.39, 0.29) is 15.0 Å². The molecule has 0 aliphatic carbocycles. The number of thiazole rings is 1. The third kappa shape index (κ3) is 7.03. The molecule has 0 bridgehead atoms. The first kappa shape index (κ1) is 25.2. The predicted octanol–water partition coefficient (Wildman–Crippen LogP) is 3.40. The summed E-state index contributed by atoms with van der Waals surface area (Å²) in [5.41, 5.74) is -0.193. The molecule has 0 radical (unpaired) electrons. The Morgan fingerprint density at radius 3 is 2.69 bits per heavy atom. The second-order valence-corrected chi connectivity index (χ2v) is 10.8. The largest absolute Gasteiger partial charge is 0.492 e. The van der Waals surface area contributed by atoms with E-state index in [4.69, 9.17) is 21.1 Å². The molecule has 1 aliphatic rings. The van der Waals surface area contributed by atoms with Crippen molar-refractivity contribution in [2.45, 2.75) is 43.6 Å². The Morgan fingerprint density at radius 2 is 2.00 bits per heavy atom. The number of hydrogen-bond donors (Lipinski definition) is 2. The van der Waals surface area contributed by atoms with Gasteiger partial charge >= 0.3 is 0 Å². The van der Waals surface area contributed by atoms with Crippen molar-refractivity contribution < 1.29 is 23.0 Å². The molecule has 0 atom stereocenters. The monoisotopic (exact) mass is 503 g/mol. The average molecular weight is 504 g/mol. The molecule has 1 fully saturated rings. The van der Waals surface area contributed by atoms with E-state index in [0.29, 0.717) is 50.5 Å². The summed E-state index contributed by atoms with van der Waals surface area (Å²) in [5, 5.41) is 12.8. The number of morpholine rings is 1. The summed E-state index contributed by atoms with van der Waals surface area (Å²) in [4.78, 5) is 6.57. The van der Waals surface area contributed by atoms with Gasteiger partial charge in [-0.15, -0.1) is 11.3 Å². The fourth-order valence-electron chi connectivity index (χ4n) is 3.34. The normalized spacial score (nSPS) is 15.6. The fourth-order valence-corrected chi connectivity index (χ4v) is 5.65. The van der Waals surface area contributed by atoms with E-state index in [0.717, 1.165) is 19.6 Å². The van der Waals surface area contributed by atoms with Gasteiger partial charge in [-0.1, -0.05) is 25.4 Å². The van der Waals surface area contributed by atoms with Gasteiger partial charge in [-0.05, 0) is 25.0 Å². The number of halogens is 1. The minimum atomic E-state index is -3.90. The average Bonchev–Trinajstić information content (AvgIpc) is 3.19. The number of aliphatic hydroxyl groups is 1. The summed E-state index contributed by atoms with van der Waals surface area (Å²) in [5.74, 6) is 0.391. The molecule has 0 saturated carbocycles. The molecule has 2 heterocycles. The predicted molar refractivity (Wildman–Crippen MR) is 126 cm³/mol. The smallest absolute Gasteiger partial charge is 0.263 e. The van der Waals surface area contributed by atoms with Gasteiger partial charge in [0.15, 0.2) is 5.13 Å². The van der Waals surface area contributed by atoms with Crippen LogP contribution in [-0.2, 0) is 21.2 Å². The van der Waals surface area contributed by atoms with Gasteiger partial charge in [-0.3, -0.25) is 9.62 Å². The van der Waals surface area contributed by atoms with Crippen molar-refractivity contribution in [3.63, 3.8) is 0 Å². The highest BCUT2D eigenvalue weighted by molar-refractivity contribution is 7.93. The maximum Gasteiger partial charge on any atom is 0.263 e. The molecule has 2 N–H and O–H groups in total. The number of hydrogen-bond acceptors (Lipinski definition) is 8. The van der Waals surface area contributed by atoms with Crippen molar-refractivity contribution in [1.29, 1.82) is 0 Å². The number of benzene rings is 1. The number of sulfonamides is 1. The zero-order valence-electron chi connectivity index (χ0n) is 18.3. The van der Waals surface area contributed by atoms with Gasteiger partial charge < -0.3 is 14.6 Å². The van der Waals surface area contributed by atoms with Gasteiger partial charge in [-0.2, -0.15) is 0 Å². The molecule has 3 rings (SSSR count). The van der Waals surface area contributed by atoms with Crippen molar-refractivity contribution in [3.8, 4) is 5.75 Å². The lowest BCUT2D eigenvalue weighted by Gasteiger charge is -2.26. The first-order valence-electron chi connectivity index (χ1n) is 10.7. The lowest BCUT2D eigenvalue weighted by molar-refractivity contribution is 0.0318. The van der Waals surface area contributed by atoms with E-state index in [2.05, 4.69) is 14.6 Å². The van der Waals surface area contributed by atoms with Crippen LogP contribution in [0.3, 0.4) is 0 Å². The van der Waals surface area contributed by atoms with Crippen molar-refractivity contribution in [2.24, 2.45) is 0 Å². The van der Waals surface area contributed by atoms with E-state index in [1.54, 1.807) is 11.4 Å². The Morgan fingerprint density at radius 1 is 1.28 bits per heavy atom. The topological polar surface area (TPSA) is 101 Å². The summed E-state index contributed by atoms with van der Waals surface area (Å²) >= 11 is 7.33. The van der Waals surface area contributed by atoms with E-state index in [1.807, 2.05) is 13.8 Å². The van der Waals surface area contributed by atoms with Crippen molar-refractivity contribution in [3.05, 3.63) is 34.3 Å². The third-order valence-corrected chi connectivity index (χ3v) is 8.01. The minimum Gasteiger partial charge on any atom is -0.492 e. The Balaban J connectivity index is 1.65. The Hall–Kier alpha value is -1.43. The molecule has 0 unspecified atom stereocenters. The van der Waals surface area contributed by atoms with E-state index >= 15 is 0 Å². The highest BCUT2D eigenvalue weighted by Crippen LogP contribution is 2.28. The molecule has 1 aromatic carbocycles. The highest BCUT2D eigenvalue weighted by Gasteiger charge is 2.25. The molecular formula is C21H30ClN3O5S2. The Kier molecular flexibility index (Phi) is 8.76. The summed E-state index contributed by atoms with van der Waals surface area (Å²) in [6.07, 6.45) is 1.56. The van der Waals surface area contributed by atoms with Crippen molar-refractivity contribution >= 4 is 38.1 Å². The Labute approximate surface area is 198 Å². The number of rotatable bonds is 11. The van der Waals surface area contributed by atoms with Crippen LogP contribution in [0.15, 0.2) is 28.5 Å². The van der Waals surface area contributed by atoms with Gasteiger partial charge in [0.2, 0.25) is 0 Å². The van der Waals surface area contributed by atoms with Crippen LogP contribution in [0.25, 0.3) is 0 Å². The molecule has 178 valence electrons. The first-order valence-corrected chi connectivity index (χ1v) is 13.4. The molecule has 11 heteroatoms. The molecule has 0 spiro atoms. The molecule has 2 aromatic rings. The van der Waals surface area contributed by atoms with Crippen LogP contribution in [0.4, 0.5) is 5.13 Å². The van der Waals surface area contributed by atoms with Gasteiger partial charge in [0, 0.05) is 42.5 Å². The number of nitrogens with zero attached hydrogens (tertiary/aromatic N) is 2. The van der Waals surface area contributed by atoms with Gasteiger partial charge in [-0.25, -0.2) is 13.4 Å². The number of aromatic nitrogens is 1. The lowest BCUT2D eigenvalue weighted by Crippen LogP contribution is -2.38. The molecule has 1 aliphatic heterocycles. The molecule has 8 nitrogen and oxygen atoms in total. The number of nitrogens with one attached hydrogen (secondary N) is 1. The quantitative estimate of drug-likeness (QED) is 0.484. The minimum absolute atomic E-state index is 0.00161. The fraction of sp³-hybridized carbons (Fsp3) is 0.571. The Bertz CT molecular complexity index is 989. The van der Waals surface area contributed by atoms with Crippen LogP contribution in [0.2, 0.25) is 5.02 Å². The summed E-state index contributed by atoms with van der Waals surface area (Å²) in [6, 6.07) is 4.42. The molecule has 0 amide bonds. The SMILES string of the molecule is CCC(O)(CC)Cc1csc(NS(=O)(=O)c2cc(Cl)cc(OCCN3CCOCC3)c2)n1. The summed E-state index contributed by atoms with van der Waals surface area (Å²) < 4.78 is 39.4. The van der Waals surface area contributed by atoms with Crippen LogP contribution in [0, 0.1) is 0 Å². The maximum atomic E-state index is 12.9. The zero-order chi connectivity index (χ0) is 23.2. The highest BCUT2D eigenvalue weighted by atomic mass is 35.5. The zero-order valence-corrected chi connectivity index (χ0v) is 20.7. The van der Waals surface area contributed by atoms with E-state index in [9.17, 15) is 13.5 Å². The van der Waals surface area contributed by atoms with E-state index in [1.165, 1.54) is 23.5 Å². The van der Waals surface area contributed by atoms with Gasteiger partial charge in [0.05, 0.1) is 29.4 Å². The second-order valence-electron chi connectivity index (χ2n) is 7.78. The van der Waals surface area contributed by atoms with Crippen LogP contribution in [0.1, 0.15) is 32.4 Å². The summed E-state index contributed by atoms with van der Waals surface area (Å²) in [7, 11) is -3.90. The standard InChI is InChI=1S/C21H30ClN3O5S2/c1-3-21(26,4-2)14-17-15-31-20(23-17)24-32(27,28)19-12-16(22)11-18(13-19)30-10-7-25-5-8-29-9-6-25/h11-13,15,26H,3-10,14H2,1-2H3,(H,23,24). The third-order valence-electron chi connectivity index (χ3n) is 5.53. The van der Waals surface area contributed by atoms with Gasteiger partial charge in [0.25, 0.3) is 10.0 Å². The van der Waals surface area contributed by atoms with Gasteiger partial charge in [0.1, 0.15) is 12.4 Å². The molecule has 1 aromatic heterocycles. The van der Waals surface area contributed by atoms with Crippen LogP contribution >= 0.6 is 22.9 Å². The van der Waals surface area contributed by atoms with Crippen LogP contribution < -0.4 is 9.46 Å². The number of ether oxygens (including phenoxy) is 2. The van der Waals surface area contributed by atoms with E-state index < -0.39 is 15.6 Å². The maximum absolute atomic E-state index is 12.9. The van der Waals surface area contributed by atoms with Crippen molar-refractivity contribution in [1.82, 2.24) is 9.88 Å². The van der Waals surface area contributed by atoms with Crippen molar-refractivity contribution in [2.75, 3.05) is 44.2 Å².